The Morgan fingerprint density at radius 3 is 2.65 bits per heavy atom. The summed E-state index contributed by atoms with van der Waals surface area (Å²) in [6.45, 7) is 5.73. The number of amides is 1. The summed E-state index contributed by atoms with van der Waals surface area (Å²) in [7, 11) is 1.65. The van der Waals surface area contributed by atoms with Gasteiger partial charge in [0.1, 0.15) is 19.6 Å². The average molecular weight is 355 g/mol. The molecule has 0 aliphatic carbocycles. The lowest BCUT2D eigenvalue weighted by Crippen LogP contribution is -3.12. The fourth-order valence-electron chi connectivity index (χ4n) is 3.26. The van der Waals surface area contributed by atoms with Crippen LogP contribution in [0.4, 0.5) is 0 Å². The molecule has 138 valence electrons. The third kappa shape index (κ3) is 5.14. The Bertz CT molecular complexity index is 727. The predicted octanol–water partition coefficient (Wildman–Crippen LogP) is 1.18. The van der Waals surface area contributed by atoms with E-state index in [1.54, 1.807) is 7.11 Å². The van der Waals surface area contributed by atoms with E-state index >= 15 is 0 Å². The molecule has 2 aromatic carbocycles. The third-order valence-corrected chi connectivity index (χ3v) is 4.70. The number of quaternary nitrogens is 1. The van der Waals surface area contributed by atoms with Crippen molar-refractivity contribution in [2.45, 2.75) is 19.7 Å². The molecule has 5 nitrogen and oxygen atoms in total. The number of benzene rings is 2. The highest BCUT2D eigenvalue weighted by molar-refractivity contribution is 5.94. The van der Waals surface area contributed by atoms with Crippen molar-refractivity contribution < 1.29 is 19.2 Å². The van der Waals surface area contributed by atoms with Crippen LogP contribution in [0.25, 0.3) is 0 Å². The van der Waals surface area contributed by atoms with Crippen molar-refractivity contribution in [3.05, 3.63) is 70.8 Å². The molecule has 1 amide bonds. The van der Waals surface area contributed by atoms with E-state index in [0.29, 0.717) is 18.7 Å². The number of carbonyl (C=O) groups excluding carboxylic acids is 1. The van der Waals surface area contributed by atoms with E-state index < -0.39 is 0 Å². The van der Waals surface area contributed by atoms with Crippen molar-refractivity contribution in [2.24, 2.45) is 0 Å². The Morgan fingerprint density at radius 2 is 1.88 bits per heavy atom. The molecule has 0 saturated carbocycles. The maximum Gasteiger partial charge on any atom is 0.251 e. The number of hydrogen-bond acceptors (Lipinski definition) is 3. The van der Waals surface area contributed by atoms with Gasteiger partial charge in [0.2, 0.25) is 0 Å². The van der Waals surface area contributed by atoms with E-state index in [1.807, 2.05) is 30.3 Å². The molecule has 2 N–H and O–H groups in total. The Kier molecular flexibility index (Phi) is 6.77. The molecule has 0 unspecified atom stereocenters. The van der Waals surface area contributed by atoms with E-state index in [9.17, 15) is 4.79 Å². The molecule has 2 aromatic rings. The molecule has 1 aliphatic rings. The molecule has 5 heteroatoms. The number of ether oxygens (including phenoxy) is 2. The molecule has 26 heavy (non-hydrogen) atoms. The highest BCUT2D eigenvalue weighted by atomic mass is 16.5. The third-order valence-electron chi connectivity index (χ3n) is 4.70. The van der Waals surface area contributed by atoms with Crippen molar-refractivity contribution >= 4 is 5.91 Å². The maximum absolute atomic E-state index is 12.5. The fourth-order valence-corrected chi connectivity index (χ4v) is 3.26. The second-order valence-corrected chi connectivity index (χ2v) is 6.62. The van der Waals surface area contributed by atoms with E-state index in [4.69, 9.17) is 9.47 Å². The molecular formula is C21H27N2O3+. The van der Waals surface area contributed by atoms with Gasteiger partial charge in [-0.3, -0.25) is 4.79 Å². The van der Waals surface area contributed by atoms with E-state index in [-0.39, 0.29) is 5.91 Å². The first-order chi connectivity index (χ1) is 12.8. The largest absolute Gasteiger partial charge is 0.380 e. The van der Waals surface area contributed by atoms with Crippen molar-refractivity contribution in [1.29, 1.82) is 0 Å². The number of carbonyl (C=O) groups is 1. The standard InChI is InChI=1S/C21H26N2O3/c1-25-16-17-5-4-8-18(13-17)21(24)22-14-19-6-2-3-7-20(19)15-23-9-11-26-12-10-23/h2-8,13H,9-12,14-16H2,1H3,(H,22,24)/p+1. The minimum atomic E-state index is -0.0588. The van der Waals surface area contributed by atoms with Gasteiger partial charge >= 0.3 is 0 Å². The molecule has 3 rings (SSSR count). The van der Waals surface area contributed by atoms with Crippen LogP contribution in [0, 0.1) is 0 Å². The minimum absolute atomic E-state index is 0.0588. The number of hydrogen-bond donors (Lipinski definition) is 2. The monoisotopic (exact) mass is 355 g/mol. The zero-order chi connectivity index (χ0) is 18.2. The van der Waals surface area contributed by atoms with Crippen LogP contribution in [0.3, 0.4) is 0 Å². The van der Waals surface area contributed by atoms with Crippen molar-refractivity contribution in [3.63, 3.8) is 0 Å². The lowest BCUT2D eigenvalue weighted by atomic mass is 10.1. The Hall–Kier alpha value is -2.21. The number of nitrogens with one attached hydrogen (secondary N) is 2. The molecule has 0 bridgehead atoms. The normalized spacial score (nSPS) is 15.0. The van der Waals surface area contributed by atoms with Gasteiger partial charge in [-0.25, -0.2) is 0 Å². The van der Waals surface area contributed by atoms with E-state index in [1.165, 1.54) is 16.0 Å². The van der Waals surface area contributed by atoms with Crippen LogP contribution in [0.15, 0.2) is 48.5 Å². The molecule has 0 radical (unpaired) electrons. The van der Waals surface area contributed by atoms with Crippen molar-refractivity contribution in [2.75, 3.05) is 33.4 Å². The second kappa shape index (κ2) is 9.48. The highest BCUT2D eigenvalue weighted by Gasteiger charge is 2.16. The first-order valence-electron chi connectivity index (χ1n) is 9.10. The second-order valence-electron chi connectivity index (χ2n) is 6.62. The predicted molar refractivity (Wildman–Crippen MR) is 100.0 cm³/mol. The van der Waals surface area contributed by atoms with Crippen LogP contribution in [0.5, 0.6) is 0 Å². The minimum Gasteiger partial charge on any atom is -0.380 e. The van der Waals surface area contributed by atoms with Gasteiger partial charge in [0.15, 0.2) is 0 Å². The zero-order valence-electron chi connectivity index (χ0n) is 15.3. The SMILES string of the molecule is COCc1cccc(C(=O)NCc2ccccc2C[NH+]2CCOCC2)c1. The average Bonchev–Trinajstić information content (AvgIpc) is 2.68. The quantitative estimate of drug-likeness (QED) is 0.784. The van der Waals surface area contributed by atoms with Crippen LogP contribution >= 0.6 is 0 Å². The lowest BCUT2D eigenvalue weighted by Gasteiger charge is -2.24. The summed E-state index contributed by atoms with van der Waals surface area (Å²) in [6, 6.07) is 15.9. The zero-order valence-corrected chi connectivity index (χ0v) is 15.3. The molecule has 0 aromatic heterocycles. The van der Waals surface area contributed by atoms with E-state index in [2.05, 4.69) is 23.5 Å². The highest BCUT2D eigenvalue weighted by Crippen LogP contribution is 2.10. The summed E-state index contributed by atoms with van der Waals surface area (Å²) in [5.41, 5.74) is 4.12. The van der Waals surface area contributed by atoms with Crippen molar-refractivity contribution in [3.8, 4) is 0 Å². The molecule has 1 aliphatic heterocycles. The Balaban J connectivity index is 1.62. The van der Waals surface area contributed by atoms with Gasteiger partial charge in [-0.05, 0) is 23.3 Å². The summed E-state index contributed by atoms with van der Waals surface area (Å²) in [6.07, 6.45) is 0. The van der Waals surface area contributed by atoms with Gasteiger partial charge < -0.3 is 19.7 Å². The molecular weight excluding hydrogens is 328 g/mol. The number of rotatable bonds is 7. The maximum atomic E-state index is 12.5. The first-order valence-corrected chi connectivity index (χ1v) is 9.10. The summed E-state index contributed by atoms with van der Waals surface area (Å²) in [5, 5.41) is 3.05. The fraction of sp³-hybridized carbons (Fsp3) is 0.381. The van der Waals surface area contributed by atoms with Gasteiger partial charge in [-0.2, -0.15) is 0 Å². The molecule has 1 saturated heterocycles. The Morgan fingerprint density at radius 1 is 1.12 bits per heavy atom. The van der Waals surface area contributed by atoms with Crippen LogP contribution < -0.4 is 10.2 Å². The van der Waals surface area contributed by atoms with Gasteiger partial charge in [0.05, 0.1) is 19.8 Å². The van der Waals surface area contributed by atoms with Crippen LogP contribution in [0.1, 0.15) is 27.0 Å². The first kappa shape index (κ1) is 18.6. The van der Waals surface area contributed by atoms with Crippen LogP contribution in [-0.2, 0) is 29.2 Å². The van der Waals surface area contributed by atoms with E-state index in [0.717, 1.165) is 38.4 Å². The van der Waals surface area contributed by atoms with Gasteiger partial charge in [-0.15, -0.1) is 0 Å². The molecule has 0 spiro atoms. The molecule has 1 heterocycles. The summed E-state index contributed by atoms with van der Waals surface area (Å²) in [4.78, 5) is 14.0. The number of methoxy groups -OCH3 is 1. The van der Waals surface area contributed by atoms with Crippen molar-refractivity contribution in [1.82, 2.24) is 5.32 Å². The van der Waals surface area contributed by atoms with Crippen LogP contribution in [0.2, 0.25) is 0 Å². The summed E-state index contributed by atoms with van der Waals surface area (Å²) >= 11 is 0. The Labute approximate surface area is 154 Å². The summed E-state index contributed by atoms with van der Waals surface area (Å²) < 4.78 is 10.6. The van der Waals surface area contributed by atoms with Crippen LogP contribution in [-0.4, -0.2) is 39.3 Å². The van der Waals surface area contributed by atoms with Gasteiger partial charge in [0, 0.05) is 24.8 Å². The van der Waals surface area contributed by atoms with Gasteiger partial charge in [0.25, 0.3) is 5.91 Å². The number of morpholine rings is 1. The molecule has 1 fully saturated rings. The summed E-state index contributed by atoms with van der Waals surface area (Å²) in [5.74, 6) is -0.0588. The lowest BCUT2D eigenvalue weighted by molar-refractivity contribution is -0.921. The van der Waals surface area contributed by atoms with Gasteiger partial charge in [-0.1, -0.05) is 36.4 Å². The topological polar surface area (TPSA) is 52.0 Å². The molecule has 0 atom stereocenters. The smallest absolute Gasteiger partial charge is 0.251 e.